The van der Waals surface area contributed by atoms with Crippen molar-refractivity contribution in [3.63, 3.8) is 0 Å². The minimum absolute atomic E-state index is 0.0268. The third-order valence-electron chi connectivity index (χ3n) is 2.40. The lowest BCUT2D eigenvalue weighted by Crippen LogP contribution is -1.92. The van der Waals surface area contributed by atoms with Gasteiger partial charge in [-0.15, -0.1) is 0 Å². The Morgan fingerprint density at radius 3 is 2.57 bits per heavy atom. The average Bonchev–Trinajstić information content (AvgIpc) is 2.75. The quantitative estimate of drug-likeness (QED) is 0.752. The molecule has 1 unspecified atom stereocenters. The number of hydrogen-bond donors (Lipinski definition) is 0. The molecule has 1 aromatic carbocycles. The van der Waals surface area contributed by atoms with Crippen LogP contribution in [0.15, 0.2) is 18.2 Å². The average molecular weight is 324 g/mol. The van der Waals surface area contributed by atoms with Crippen molar-refractivity contribution in [1.29, 1.82) is 0 Å². The Morgan fingerprint density at radius 1 is 1.50 bits per heavy atom. The van der Waals surface area contributed by atoms with Gasteiger partial charge in [0.1, 0.15) is 0 Å². The summed E-state index contributed by atoms with van der Waals surface area (Å²) in [5.41, 5.74) is 0.997. The third-order valence-corrected chi connectivity index (χ3v) is 4.16. The number of alkyl halides is 2. The van der Waals surface area contributed by atoms with Crippen LogP contribution in [0.1, 0.15) is 17.9 Å². The molecule has 76 valence electrons. The van der Waals surface area contributed by atoms with E-state index in [1.807, 2.05) is 6.07 Å². The molecule has 0 aliphatic heterocycles. The first-order chi connectivity index (χ1) is 6.54. The number of hydrogen-bond acceptors (Lipinski definition) is 1. The van der Waals surface area contributed by atoms with E-state index in [-0.39, 0.29) is 9.05 Å². The van der Waals surface area contributed by atoms with Gasteiger partial charge in [-0.2, -0.15) is 0 Å². The van der Waals surface area contributed by atoms with Crippen LogP contribution in [0.4, 0.5) is 4.39 Å². The summed E-state index contributed by atoms with van der Waals surface area (Å²) in [5, 5.41) is 0. The first-order valence-corrected chi connectivity index (χ1v) is 5.84. The van der Waals surface area contributed by atoms with Crippen molar-refractivity contribution in [3.8, 4) is 5.75 Å². The minimum atomic E-state index is -0.298. The topological polar surface area (TPSA) is 9.23 Å². The van der Waals surface area contributed by atoms with Gasteiger partial charge in [0.15, 0.2) is 11.6 Å². The Labute approximate surface area is 98.9 Å². The summed E-state index contributed by atoms with van der Waals surface area (Å²) < 4.78 is 18.2. The molecule has 2 rings (SSSR count). The van der Waals surface area contributed by atoms with Crippen molar-refractivity contribution in [3.05, 3.63) is 29.6 Å². The Balaban J connectivity index is 2.26. The van der Waals surface area contributed by atoms with E-state index in [9.17, 15) is 4.39 Å². The smallest absolute Gasteiger partial charge is 0.165 e. The highest BCUT2D eigenvalue weighted by Gasteiger charge is 2.51. The molecule has 0 spiro atoms. The van der Waals surface area contributed by atoms with Gasteiger partial charge in [-0.25, -0.2) is 4.39 Å². The van der Waals surface area contributed by atoms with E-state index in [2.05, 4.69) is 31.9 Å². The van der Waals surface area contributed by atoms with E-state index < -0.39 is 0 Å². The number of methoxy groups -OCH3 is 1. The molecule has 1 fully saturated rings. The number of rotatable bonds is 2. The Hall–Kier alpha value is -0.0900. The monoisotopic (exact) mass is 322 g/mol. The summed E-state index contributed by atoms with van der Waals surface area (Å²) >= 11 is 7.02. The highest BCUT2D eigenvalue weighted by molar-refractivity contribution is 9.25. The molecule has 0 saturated heterocycles. The minimum Gasteiger partial charge on any atom is -0.494 e. The van der Waals surface area contributed by atoms with E-state index in [0.29, 0.717) is 11.7 Å². The Bertz CT molecular complexity index is 365. The fourth-order valence-electron chi connectivity index (χ4n) is 1.47. The molecular formula is C10H9Br2FO. The molecule has 1 aromatic rings. The van der Waals surface area contributed by atoms with Crippen LogP contribution >= 0.6 is 31.9 Å². The van der Waals surface area contributed by atoms with E-state index in [0.717, 1.165) is 12.0 Å². The summed E-state index contributed by atoms with van der Waals surface area (Å²) in [6, 6.07) is 5.10. The van der Waals surface area contributed by atoms with Gasteiger partial charge in [-0.1, -0.05) is 37.9 Å². The molecule has 1 aliphatic rings. The molecule has 0 N–H and O–H groups in total. The van der Waals surface area contributed by atoms with Gasteiger partial charge in [0.25, 0.3) is 0 Å². The van der Waals surface area contributed by atoms with Crippen LogP contribution in [-0.2, 0) is 0 Å². The van der Waals surface area contributed by atoms with Crippen LogP contribution in [0, 0.1) is 5.82 Å². The van der Waals surface area contributed by atoms with Crippen molar-refractivity contribution >= 4 is 31.9 Å². The predicted molar refractivity (Wildman–Crippen MR) is 60.9 cm³/mol. The van der Waals surface area contributed by atoms with Gasteiger partial charge in [0, 0.05) is 5.92 Å². The summed E-state index contributed by atoms with van der Waals surface area (Å²) in [6.45, 7) is 0. The second kappa shape index (κ2) is 3.49. The lowest BCUT2D eigenvalue weighted by Gasteiger charge is -2.05. The van der Waals surface area contributed by atoms with Crippen molar-refractivity contribution < 1.29 is 9.13 Å². The summed E-state index contributed by atoms with van der Waals surface area (Å²) in [5.74, 6) is 0.347. The van der Waals surface area contributed by atoms with E-state index >= 15 is 0 Å². The Kier molecular flexibility index (Phi) is 2.60. The molecule has 0 radical (unpaired) electrons. The highest BCUT2D eigenvalue weighted by atomic mass is 79.9. The predicted octanol–water partition coefficient (Wildman–Crippen LogP) is 3.81. The maximum atomic E-state index is 13.3. The number of ether oxygens (including phenoxy) is 1. The fraction of sp³-hybridized carbons (Fsp3) is 0.400. The molecule has 1 aliphatic carbocycles. The molecular weight excluding hydrogens is 315 g/mol. The molecule has 14 heavy (non-hydrogen) atoms. The number of halogens is 3. The van der Waals surface area contributed by atoms with E-state index in [1.165, 1.54) is 13.2 Å². The molecule has 1 saturated carbocycles. The molecule has 0 aromatic heterocycles. The van der Waals surface area contributed by atoms with Crippen molar-refractivity contribution in [2.24, 2.45) is 0 Å². The summed E-state index contributed by atoms with van der Waals surface area (Å²) in [7, 11) is 1.47. The maximum Gasteiger partial charge on any atom is 0.165 e. The molecule has 1 nitrogen and oxygen atoms in total. The van der Waals surface area contributed by atoms with Crippen molar-refractivity contribution in [2.75, 3.05) is 7.11 Å². The largest absolute Gasteiger partial charge is 0.494 e. The second-order valence-electron chi connectivity index (χ2n) is 3.41. The molecule has 0 heterocycles. The standard InChI is InChI=1S/C10H9Br2FO/c1-14-9-3-2-6(4-8(9)13)7-5-10(7,11)12/h2-4,7H,5H2,1H3. The lowest BCUT2D eigenvalue weighted by molar-refractivity contribution is 0.386. The lowest BCUT2D eigenvalue weighted by atomic mass is 10.1. The molecule has 0 bridgehead atoms. The fourth-order valence-corrected chi connectivity index (χ4v) is 2.65. The first-order valence-electron chi connectivity index (χ1n) is 4.26. The van der Waals surface area contributed by atoms with E-state index in [1.54, 1.807) is 6.07 Å². The zero-order valence-electron chi connectivity index (χ0n) is 7.56. The van der Waals surface area contributed by atoms with E-state index in [4.69, 9.17) is 4.74 Å². The van der Waals surface area contributed by atoms with Crippen molar-refractivity contribution in [1.82, 2.24) is 0 Å². The maximum absolute atomic E-state index is 13.3. The highest BCUT2D eigenvalue weighted by Crippen LogP contribution is 2.62. The van der Waals surface area contributed by atoms with Gasteiger partial charge in [0.05, 0.1) is 10.3 Å². The zero-order valence-corrected chi connectivity index (χ0v) is 10.7. The zero-order chi connectivity index (χ0) is 10.3. The van der Waals surface area contributed by atoms with Crippen LogP contribution in [0.25, 0.3) is 0 Å². The van der Waals surface area contributed by atoms with Gasteiger partial charge >= 0.3 is 0 Å². The van der Waals surface area contributed by atoms with Crippen LogP contribution in [0.5, 0.6) is 5.75 Å². The summed E-state index contributed by atoms with van der Waals surface area (Å²) in [4.78, 5) is 0. The molecule has 0 amide bonds. The van der Waals surface area contributed by atoms with Crippen molar-refractivity contribution in [2.45, 2.75) is 15.6 Å². The van der Waals surface area contributed by atoms with Crippen LogP contribution < -0.4 is 4.74 Å². The van der Waals surface area contributed by atoms with Crippen LogP contribution in [0.2, 0.25) is 0 Å². The Morgan fingerprint density at radius 2 is 2.14 bits per heavy atom. The SMILES string of the molecule is COc1ccc(C2CC2(Br)Br)cc1F. The van der Waals surface area contributed by atoms with Gasteiger partial charge in [0.2, 0.25) is 0 Å². The van der Waals surface area contributed by atoms with Crippen LogP contribution in [0.3, 0.4) is 0 Å². The normalized spacial score (nSPS) is 23.3. The van der Waals surface area contributed by atoms with Gasteiger partial charge in [-0.05, 0) is 24.1 Å². The van der Waals surface area contributed by atoms with Crippen LogP contribution in [-0.4, -0.2) is 10.3 Å². The second-order valence-corrected chi connectivity index (χ2v) is 7.31. The molecule has 1 atom stereocenters. The van der Waals surface area contributed by atoms with Gasteiger partial charge in [-0.3, -0.25) is 0 Å². The molecule has 4 heteroatoms. The van der Waals surface area contributed by atoms with Gasteiger partial charge < -0.3 is 4.74 Å². The summed E-state index contributed by atoms with van der Waals surface area (Å²) in [6.07, 6.45) is 0.985. The first kappa shape index (κ1) is 10.4. The third kappa shape index (κ3) is 1.82. The number of benzene rings is 1.